The van der Waals surface area contributed by atoms with E-state index in [-0.39, 0.29) is 6.42 Å². The molecule has 1 aromatic rings. The monoisotopic (exact) mass is 694 g/mol. The molecule has 0 spiro atoms. The second-order valence-corrected chi connectivity index (χ2v) is 12.5. The fourth-order valence-electron chi connectivity index (χ4n) is 4.36. The Balaban J connectivity index is 3.32. The van der Waals surface area contributed by atoms with Crippen LogP contribution in [0.15, 0.2) is 30.3 Å². The summed E-state index contributed by atoms with van der Waals surface area (Å²) >= 11 is 0. The molecular weight excluding hydrogens is 644 g/mol. The number of primary amides is 1. The Morgan fingerprint density at radius 1 is 0.776 bits per heavy atom. The molecule has 7 atom stereocenters. The zero-order chi connectivity index (χ0) is 37.5. The van der Waals surface area contributed by atoms with Gasteiger partial charge in [0.15, 0.2) is 0 Å². The Morgan fingerprint density at radius 2 is 1.31 bits per heavy atom. The number of ether oxygens (including phenoxy) is 1. The first-order valence-corrected chi connectivity index (χ1v) is 15.7. The summed E-state index contributed by atoms with van der Waals surface area (Å²) in [5, 5.41) is 31.8. The number of benzene rings is 1. The second-order valence-electron chi connectivity index (χ2n) is 12.5. The fraction of sp³-hybridized carbons (Fsp3) is 0.581. The highest BCUT2D eigenvalue weighted by molar-refractivity contribution is 5.97. The molecule has 7 amide bonds. The number of aliphatic hydroxyl groups is 2. The van der Waals surface area contributed by atoms with Crippen LogP contribution >= 0.6 is 0 Å². The first-order chi connectivity index (χ1) is 22.8. The van der Waals surface area contributed by atoms with Crippen molar-refractivity contribution in [2.75, 3.05) is 6.61 Å². The Bertz CT molecular complexity index is 1300. The first-order valence-electron chi connectivity index (χ1n) is 15.7. The summed E-state index contributed by atoms with van der Waals surface area (Å²) in [5.41, 5.74) is 6.76. The Labute approximate surface area is 284 Å². The van der Waals surface area contributed by atoms with Crippen LogP contribution in [0.25, 0.3) is 0 Å². The third kappa shape index (κ3) is 14.9. The van der Waals surface area contributed by atoms with Gasteiger partial charge in [0.2, 0.25) is 29.5 Å². The molecule has 18 nitrogen and oxygen atoms in total. The largest absolute Gasteiger partial charge is 0.444 e. The number of hydrogen-bond acceptors (Lipinski definition) is 11. The van der Waals surface area contributed by atoms with Crippen molar-refractivity contribution in [3.05, 3.63) is 35.9 Å². The number of hydrogen-bond donors (Lipinski definition) is 10. The number of nitrogens with one attached hydrogen (secondary N) is 6. The Morgan fingerprint density at radius 3 is 1.80 bits per heavy atom. The van der Waals surface area contributed by atoms with Crippen LogP contribution in [0.1, 0.15) is 59.9 Å². The van der Waals surface area contributed by atoms with Gasteiger partial charge in [0.05, 0.1) is 19.1 Å². The van der Waals surface area contributed by atoms with Gasteiger partial charge in [0.25, 0.3) is 5.91 Å². The van der Waals surface area contributed by atoms with Gasteiger partial charge >= 0.3 is 6.09 Å². The standard InChI is InChI=1S/C31H50N8O10/c1-7-16(2)23(38-30(48)49-31(4,5)6)28(46)34-19(13-18-11-9-8-10-12-18)26(44)37-24(17(3)41)29(47)35-20(14-22(32)42)25(43)36-21(15-40)27(45)39-33/h8-12,16-17,19-21,23-24,40-41H,7,13-15,33H2,1-6H3,(H2,32,42)(H,34,46)(H,35,47)(H,36,43)(H,37,44)(H,38,48)(H,39,45)/t16-,17+,19-,20-,21-,23-,24-/m0/s1. The molecule has 0 saturated heterocycles. The van der Waals surface area contributed by atoms with Crippen LogP contribution in [0, 0.1) is 5.92 Å². The maximum Gasteiger partial charge on any atom is 0.408 e. The minimum atomic E-state index is -1.72. The lowest BCUT2D eigenvalue weighted by Crippen LogP contribution is -2.62. The van der Waals surface area contributed by atoms with E-state index in [1.54, 1.807) is 63.5 Å². The minimum Gasteiger partial charge on any atom is -0.444 e. The van der Waals surface area contributed by atoms with Crippen LogP contribution in [0.5, 0.6) is 0 Å². The third-order valence-electron chi connectivity index (χ3n) is 7.14. The highest BCUT2D eigenvalue weighted by Crippen LogP contribution is 2.13. The summed E-state index contributed by atoms with van der Waals surface area (Å²) in [6, 6.07) is 1.18. The van der Waals surface area contributed by atoms with Crippen LogP contribution in [0.4, 0.5) is 4.79 Å². The Kier molecular flexibility index (Phi) is 17.1. The SMILES string of the molecule is CC[C@H](C)[C@H](NC(=O)OC(C)(C)C)C(=O)N[C@@H](Cc1ccccc1)C(=O)N[C@H](C(=O)N[C@@H](CC(N)=O)C(=O)N[C@@H](CO)C(=O)NN)[C@@H](C)O. The first kappa shape index (κ1) is 42.2. The van der Waals surface area contributed by atoms with E-state index < -0.39 is 102 Å². The number of rotatable bonds is 18. The van der Waals surface area contributed by atoms with Crippen LogP contribution < -0.4 is 43.6 Å². The molecule has 0 aromatic heterocycles. The van der Waals surface area contributed by atoms with Crippen molar-refractivity contribution in [2.24, 2.45) is 17.5 Å². The molecule has 0 fully saturated rings. The molecule has 1 aromatic carbocycles. The van der Waals surface area contributed by atoms with Crippen molar-refractivity contribution in [1.82, 2.24) is 32.0 Å². The number of carbonyl (C=O) groups is 7. The normalized spacial score (nSPS) is 15.4. The van der Waals surface area contributed by atoms with E-state index in [0.717, 1.165) is 0 Å². The van der Waals surface area contributed by atoms with E-state index in [9.17, 15) is 43.8 Å². The molecule has 0 aliphatic carbocycles. The number of amides is 7. The topological polar surface area (TPSA) is 293 Å². The van der Waals surface area contributed by atoms with Gasteiger partial charge < -0.3 is 47.3 Å². The maximum absolute atomic E-state index is 13.7. The number of hydrazine groups is 1. The van der Waals surface area contributed by atoms with Crippen molar-refractivity contribution in [3.8, 4) is 0 Å². The number of alkyl carbamates (subject to hydrolysis) is 1. The van der Waals surface area contributed by atoms with Crippen LogP contribution in [-0.2, 0) is 39.9 Å². The van der Waals surface area contributed by atoms with Crippen molar-refractivity contribution in [2.45, 2.75) is 103 Å². The van der Waals surface area contributed by atoms with E-state index in [0.29, 0.717) is 12.0 Å². The average molecular weight is 695 g/mol. The lowest BCUT2D eigenvalue weighted by molar-refractivity contribution is -0.137. The molecule has 0 aliphatic rings. The van der Waals surface area contributed by atoms with Gasteiger partial charge in [-0.15, -0.1) is 0 Å². The van der Waals surface area contributed by atoms with E-state index in [1.807, 2.05) is 6.92 Å². The number of carbonyl (C=O) groups excluding carboxylic acids is 7. The zero-order valence-electron chi connectivity index (χ0n) is 28.6. The van der Waals surface area contributed by atoms with Gasteiger partial charge in [-0.3, -0.25) is 34.2 Å². The summed E-state index contributed by atoms with van der Waals surface area (Å²) in [4.78, 5) is 89.5. The maximum atomic E-state index is 13.7. The molecule has 12 N–H and O–H groups in total. The molecule has 0 heterocycles. The second kappa shape index (κ2) is 19.9. The van der Waals surface area contributed by atoms with Gasteiger partial charge in [-0.2, -0.15) is 0 Å². The lowest BCUT2D eigenvalue weighted by Gasteiger charge is -2.29. The summed E-state index contributed by atoms with van der Waals surface area (Å²) < 4.78 is 5.31. The van der Waals surface area contributed by atoms with Crippen molar-refractivity contribution in [3.63, 3.8) is 0 Å². The highest BCUT2D eigenvalue weighted by Gasteiger charge is 2.36. The van der Waals surface area contributed by atoms with Crippen molar-refractivity contribution < 1.29 is 48.5 Å². The van der Waals surface area contributed by atoms with Crippen LogP contribution in [0.2, 0.25) is 0 Å². The molecule has 49 heavy (non-hydrogen) atoms. The lowest BCUT2D eigenvalue weighted by atomic mass is 9.97. The molecule has 0 aliphatic heterocycles. The molecule has 274 valence electrons. The predicted octanol–water partition coefficient (Wildman–Crippen LogP) is -2.65. The predicted molar refractivity (Wildman–Crippen MR) is 175 cm³/mol. The van der Waals surface area contributed by atoms with Crippen molar-refractivity contribution >= 4 is 41.5 Å². The summed E-state index contributed by atoms with van der Waals surface area (Å²) in [5.74, 6) is -1.20. The zero-order valence-corrected chi connectivity index (χ0v) is 28.6. The van der Waals surface area contributed by atoms with Gasteiger partial charge in [-0.1, -0.05) is 50.6 Å². The average Bonchev–Trinajstić information content (AvgIpc) is 3.02. The minimum absolute atomic E-state index is 0.0648. The quantitative estimate of drug-likeness (QED) is 0.0430. The van der Waals surface area contributed by atoms with Gasteiger partial charge in [0, 0.05) is 6.42 Å². The van der Waals surface area contributed by atoms with E-state index in [2.05, 4.69) is 26.6 Å². The Hall–Kier alpha value is -4.81. The molecule has 1 rings (SSSR count). The number of aliphatic hydroxyl groups excluding tert-OH is 2. The molecule has 0 unspecified atom stereocenters. The van der Waals surface area contributed by atoms with E-state index in [4.69, 9.17) is 16.3 Å². The van der Waals surface area contributed by atoms with E-state index in [1.165, 1.54) is 6.92 Å². The van der Waals surface area contributed by atoms with Crippen LogP contribution in [-0.4, -0.2) is 100 Å². The highest BCUT2D eigenvalue weighted by atomic mass is 16.6. The van der Waals surface area contributed by atoms with Crippen LogP contribution in [0.3, 0.4) is 0 Å². The summed E-state index contributed by atoms with van der Waals surface area (Å²) in [7, 11) is 0. The van der Waals surface area contributed by atoms with Gasteiger partial charge in [0.1, 0.15) is 35.8 Å². The van der Waals surface area contributed by atoms with E-state index >= 15 is 0 Å². The van der Waals surface area contributed by atoms with Gasteiger partial charge in [-0.05, 0) is 39.2 Å². The summed E-state index contributed by atoms with van der Waals surface area (Å²) in [6.45, 7) is 8.82. The molecule has 0 bridgehead atoms. The summed E-state index contributed by atoms with van der Waals surface area (Å²) in [6.07, 6.45) is -2.75. The molecule has 0 saturated carbocycles. The molecule has 18 heteroatoms. The fourth-order valence-corrected chi connectivity index (χ4v) is 4.36. The third-order valence-corrected chi connectivity index (χ3v) is 7.14. The molecular formula is C31H50N8O10. The molecule has 0 radical (unpaired) electrons. The van der Waals surface area contributed by atoms with Crippen molar-refractivity contribution in [1.29, 1.82) is 0 Å². The number of nitrogens with two attached hydrogens (primary N) is 2. The smallest absolute Gasteiger partial charge is 0.408 e. The van der Waals surface area contributed by atoms with Gasteiger partial charge in [-0.25, -0.2) is 10.6 Å².